The van der Waals surface area contributed by atoms with E-state index in [9.17, 15) is 0 Å². The zero-order chi connectivity index (χ0) is 10.0. The summed E-state index contributed by atoms with van der Waals surface area (Å²) in [5.41, 5.74) is 0.00574. The Morgan fingerprint density at radius 1 is 0.769 bits per heavy atom. The molecule has 1 rings (SSSR count). The Morgan fingerprint density at radius 3 is 1.46 bits per heavy atom. The lowest BCUT2D eigenvalue weighted by molar-refractivity contribution is 0.423. The van der Waals surface area contributed by atoms with Crippen LogP contribution in [0.25, 0.3) is 0 Å². The molecule has 13 heavy (non-hydrogen) atoms. The standard InChI is InChI=1S/C6H8B2O5/c9-6-2-4(7(10)11)1-5(3-6)8(12)13/h1-3,9-13H. The summed E-state index contributed by atoms with van der Waals surface area (Å²) in [6, 6.07) is 3.42. The molecule has 7 heteroatoms. The molecule has 0 heterocycles. The molecule has 0 saturated carbocycles. The molecule has 68 valence electrons. The normalized spacial score (nSPS) is 9.85. The van der Waals surface area contributed by atoms with E-state index in [1.165, 1.54) is 6.07 Å². The van der Waals surface area contributed by atoms with Crippen molar-refractivity contribution in [2.75, 3.05) is 0 Å². The summed E-state index contributed by atoms with van der Waals surface area (Å²) in [6.07, 6.45) is 0. The molecule has 0 unspecified atom stereocenters. The Balaban J connectivity index is 3.11. The van der Waals surface area contributed by atoms with Gasteiger partial charge in [0, 0.05) is 0 Å². The van der Waals surface area contributed by atoms with Crippen molar-refractivity contribution in [3.63, 3.8) is 0 Å². The monoisotopic (exact) mass is 182 g/mol. The van der Waals surface area contributed by atoms with Gasteiger partial charge in [0.2, 0.25) is 0 Å². The van der Waals surface area contributed by atoms with Crippen molar-refractivity contribution in [3.05, 3.63) is 18.2 Å². The van der Waals surface area contributed by atoms with Gasteiger partial charge >= 0.3 is 14.2 Å². The molecule has 0 spiro atoms. The molecule has 0 atom stereocenters. The van der Waals surface area contributed by atoms with E-state index in [-0.39, 0.29) is 16.7 Å². The predicted octanol–water partition coefficient (Wildman–Crippen LogP) is -3.25. The predicted molar refractivity (Wildman–Crippen MR) is 47.8 cm³/mol. The molecule has 0 amide bonds. The molecular formula is C6H8B2O5. The van der Waals surface area contributed by atoms with Gasteiger partial charge in [-0.1, -0.05) is 6.07 Å². The van der Waals surface area contributed by atoms with Crippen LogP contribution in [0.3, 0.4) is 0 Å². The van der Waals surface area contributed by atoms with Gasteiger partial charge in [-0.3, -0.25) is 0 Å². The third kappa shape index (κ3) is 2.46. The molecule has 0 aliphatic heterocycles. The van der Waals surface area contributed by atoms with Crippen molar-refractivity contribution in [1.29, 1.82) is 0 Å². The second-order valence-corrected chi connectivity index (χ2v) is 2.61. The van der Waals surface area contributed by atoms with Gasteiger partial charge < -0.3 is 25.2 Å². The molecule has 0 aromatic heterocycles. The fourth-order valence-corrected chi connectivity index (χ4v) is 0.957. The summed E-state index contributed by atoms with van der Waals surface area (Å²) >= 11 is 0. The topological polar surface area (TPSA) is 101 Å². The molecule has 1 aromatic carbocycles. The lowest BCUT2D eigenvalue weighted by atomic mass is 9.73. The second kappa shape index (κ2) is 3.80. The summed E-state index contributed by atoms with van der Waals surface area (Å²) in [7, 11) is -3.49. The lowest BCUT2D eigenvalue weighted by Gasteiger charge is -2.04. The van der Waals surface area contributed by atoms with E-state index in [2.05, 4.69) is 0 Å². The Kier molecular flexibility index (Phi) is 2.94. The van der Waals surface area contributed by atoms with Crippen molar-refractivity contribution >= 4 is 25.2 Å². The van der Waals surface area contributed by atoms with E-state index in [1.807, 2.05) is 0 Å². The minimum absolute atomic E-state index is 0.00287. The first-order valence-corrected chi connectivity index (χ1v) is 3.57. The maximum atomic E-state index is 9.05. The van der Waals surface area contributed by atoms with Crippen LogP contribution in [-0.2, 0) is 0 Å². The average Bonchev–Trinajstić information content (AvgIpc) is 2.03. The van der Waals surface area contributed by atoms with Crippen LogP contribution in [-0.4, -0.2) is 39.4 Å². The summed E-state index contributed by atoms with van der Waals surface area (Å²) in [5, 5.41) is 44.0. The van der Waals surface area contributed by atoms with Gasteiger partial charge in [-0.25, -0.2) is 0 Å². The van der Waals surface area contributed by atoms with Crippen LogP contribution < -0.4 is 10.9 Å². The zero-order valence-corrected chi connectivity index (χ0v) is 6.62. The van der Waals surface area contributed by atoms with E-state index >= 15 is 0 Å². The number of hydrogen-bond donors (Lipinski definition) is 5. The first-order valence-electron chi connectivity index (χ1n) is 3.57. The molecule has 5 nitrogen and oxygen atoms in total. The number of hydrogen-bond acceptors (Lipinski definition) is 5. The van der Waals surface area contributed by atoms with Gasteiger partial charge in [-0.05, 0) is 23.1 Å². The van der Waals surface area contributed by atoms with Gasteiger partial charge in [-0.2, -0.15) is 0 Å². The zero-order valence-electron chi connectivity index (χ0n) is 6.62. The van der Waals surface area contributed by atoms with Crippen LogP contribution in [0.4, 0.5) is 0 Å². The number of phenols is 1. The van der Waals surface area contributed by atoms with Gasteiger partial charge in [0.1, 0.15) is 5.75 Å². The first-order chi connectivity index (χ1) is 6.00. The number of aromatic hydroxyl groups is 1. The lowest BCUT2D eigenvalue weighted by Crippen LogP contribution is -2.37. The van der Waals surface area contributed by atoms with Gasteiger partial charge in [0.05, 0.1) is 0 Å². The van der Waals surface area contributed by atoms with E-state index in [1.54, 1.807) is 0 Å². The Labute approximate surface area is 75.2 Å². The summed E-state index contributed by atoms with van der Waals surface area (Å²) in [4.78, 5) is 0. The highest BCUT2D eigenvalue weighted by molar-refractivity contribution is 6.62. The summed E-state index contributed by atoms with van der Waals surface area (Å²) in [5.74, 6) is -0.256. The quantitative estimate of drug-likeness (QED) is 0.309. The van der Waals surface area contributed by atoms with E-state index in [4.69, 9.17) is 25.2 Å². The molecule has 0 aliphatic carbocycles. The van der Waals surface area contributed by atoms with Crippen molar-refractivity contribution in [2.24, 2.45) is 0 Å². The van der Waals surface area contributed by atoms with Crippen LogP contribution >= 0.6 is 0 Å². The van der Waals surface area contributed by atoms with Crippen LogP contribution in [0.2, 0.25) is 0 Å². The minimum Gasteiger partial charge on any atom is -0.508 e. The van der Waals surface area contributed by atoms with E-state index < -0.39 is 14.2 Å². The molecular weight excluding hydrogens is 174 g/mol. The molecule has 0 fully saturated rings. The molecule has 0 saturated heterocycles. The minimum atomic E-state index is -1.75. The van der Waals surface area contributed by atoms with Crippen molar-refractivity contribution in [1.82, 2.24) is 0 Å². The molecule has 1 aromatic rings. The maximum absolute atomic E-state index is 9.05. The van der Waals surface area contributed by atoms with Gasteiger partial charge in [-0.15, -0.1) is 0 Å². The van der Waals surface area contributed by atoms with Crippen LogP contribution in [0.1, 0.15) is 0 Å². The van der Waals surface area contributed by atoms with Gasteiger partial charge in [0.25, 0.3) is 0 Å². The fourth-order valence-electron chi connectivity index (χ4n) is 0.957. The second-order valence-electron chi connectivity index (χ2n) is 2.61. The highest BCUT2D eigenvalue weighted by atomic mass is 16.4. The van der Waals surface area contributed by atoms with Crippen molar-refractivity contribution < 1.29 is 25.2 Å². The Morgan fingerprint density at radius 2 is 1.15 bits per heavy atom. The molecule has 0 radical (unpaired) electrons. The molecule has 5 N–H and O–H groups in total. The SMILES string of the molecule is OB(O)c1cc(O)cc(B(O)O)c1. The smallest absolute Gasteiger partial charge is 0.488 e. The van der Waals surface area contributed by atoms with Crippen molar-refractivity contribution in [3.8, 4) is 5.75 Å². The summed E-state index contributed by atoms with van der Waals surface area (Å²) in [6.45, 7) is 0. The van der Waals surface area contributed by atoms with Crippen LogP contribution in [0.5, 0.6) is 5.75 Å². The molecule has 0 aliphatic rings. The highest BCUT2D eigenvalue weighted by Gasteiger charge is 2.17. The third-order valence-corrected chi connectivity index (χ3v) is 1.56. The Bertz CT molecular complexity index is 275. The fraction of sp³-hybridized carbons (Fsp3) is 0. The van der Waals surface area contributed by atoms with Crippen LogP contribution in [0.15, 0.2) is 18.2 Å². The van der Waals surface area contributed by atoms with Crippen molar-refractivity contribution in [2.45, 2.75) is 0 Å². The largest absolute Gasteiger partial charge is 0.508 e. The maximum Gasteiger partial charge on any atom is 0.488 e. The average molecular weight is 182 g/mol. The number of benzene rings is 1. The number of phenolic OH excluding ortho intramolecular Hbond substituents is 1. The van der Waals surface area contributed by atoms with Crippen LogP contribution in [0, 0.1) is 0 Å². The molecule has 0 bridgehead atoms. The Hall–Kier alpha value is -1.01. The van der Waals surface area contributed by atoms with Gasteiger partial charge in [0.15, 0.2) is 0 Å². The highest BCUT2D eigenvalue weighted by Crippen LogP contribution is 2.02. The third-order valence-electron chi connectivity index (χ3n) is 1.56. The van der Waals surface area contributed by atoms with E-state index in [0.717, 1.165) is 12.1 Å². The first kappa shape index (κ1) is 10.1. The number of rotatable bonds is 2. The summed E-state index contributed by atoms with van der Waals surface area (Å²) < 4.78 is 0. The van der Waals surface area contributed by atoms with E-state index in [0.29, 0.717) is 0 Å².